The molecule has 1 aromatic carbocycles. The minimum absolute atomic E-state index is 0.0240. The van der Waals surface area contributed by atoms with Crippen LogP contribution in [0.1, 0.15) is 90.0 Å². The third-order valence-corrected chi connectivity index (χ3v) is 6.95. The maximum Gasteiger partial charge on any atom is 0.201 e. The van der Waals surface area contributed by atoms with Crippen molar-refractivity contribution in [3.63, 3.8) is 0 Å². The van der Waals surface area contributed by atoms with E-state index < -0.39 is 11.6 Å². The Morgan fingerprint density at radius 2 is 1.52 bits per heavy atom. The van der Waals surface area contributed by atoms with E-state index in [1.807, 2.05) is 6.92 Å². The van der Waals surface area contributed by atoms with Gasteiger partial charge in [0.15, 0.2) is 11.6 Å². The zero-order valence-electron chi connectivity index (χ0n) is 18.1. The molecule has 0 atom stereocenters. The molecule has 3 rings (SSSR count). The second-order valence-corrected chi connectivity index (χ2v) is 9.04. The lowest BCUT2D eigenvalue weighted by Crippen LogP contribution is -2.25. The summed E-state index contributed by atoms with van der Waals surface area (Å²) in [6, 6.07) is 3.03. The Labute approximate surface area is 175 Å². The third kappa shape index (κ3) is 5.97. The summed E-state index contributed by atoms with van der Waals surface area (Å²) < 4.78 is 33.6. The molecule has 29 heavy (non-hydrogen) atoms. The van der Waals surface area contributed by atoms with Gasteiger partial charge in [0.25, 0.3) is 0 Å². The highest BCUT2D eigenvalue weighted by Crippen LogP contribution is 2.42. The van der Waals surface area contributed by atoms with Crippen molar-refractivity contribution in [1.29, 1.82) is 0 Å². The van der Waals surface area contributed by atoms with E-state index in [4.69, 9.17) is 4.74 Å². The Morgan fingerprint density at radius 3 is 2.14 bits per heavy atom. The SMILES string of the molecule is CCCOc1ccc(C#C[C@H]2CC[C@H]([C@H]3CC[C@H](CCC)CC3)CC2)c(F)c1F. The molecule has 0 aromatic heterocycles. The predicted molar refractivity (Wildman–Crippen MR) is 115 cm³/mol. The van der Waals surface area contributed by atoms with Crippen LogP contribution in [-0.4, -0.2) is 6.61 Å². The highest BCUT2D eigenvalue weighted by Gasteiger charge is 2.30. The van der Waals surface area contributed by atoms with Crippen LogP contribution < -0.4 is 4.74 Å². The first-order valence-electron chi connectivity index (χ1n) is 11.7. The highest BCUT2D eigenvalue weighted by molar-refractivity contribution is 5.41. The van der Waals surface area contributed by atoms with Crippen LogP contribution in [0.25, 0.3) is 0 Å². The van der Waals surface area contributed by atoms with Gasteiger partial charge in [-0.1, -0.05) is 51.4 Å². The molecule has 0 amide bonds. The summed E-state index contributed by atoms with van der Waals surface area (Å²) in [6.07, 6.45) is 13.8. The zero-order valence-corrected chi connectivity index (χ0v) is 18.1. The van der Waals surface area contributed by atoms with Gasteiger partial charge in [0.2, 0.25) is 5.82 Å². The fourth-order valence-electron chi connectivity index (χ4n) is 5.22. The molecule has 0 aliphatic heterocycles. The summed E-state index contributed by atoms with van der Waals surface area (Å²) in [5.41, 5.74) is 0.141. The third-order valence-electron chi connectivity index (χ3n) is 6.95. The molecular weight excluding hydrogens is 366 g/mol. The summed E-state index contributed by atoms with van der Waals surface area (Å²) in [4.78, 5) is 0. The van der Waals surface area contributed by atoms with Crippen molar-refractivity contribution in [3.05, 3.63) is 29.3 Å². The first-order valence-corrected chi connectivity index (χ1v) is 11.7. The van der Waals surface area contributed by atoms with Crippen molar-refractivity contribution in [1.82, 2.24) is 0 Å². The lowest BCUT2D eigenvalue weighted by molar-refractivity contribution is 0.154. The van der Waals surface area contributed by atoms with Gasteiger partial charge in [-0.2, -0.15) is 4.39 Å². The lowest BCUT2D eigenvalue weighted by Gasteiger charge is -2.37. The van der Waals surface area contributed by atoms with E-state index in [1.165, 1.54) is 63.5 Å². The normalized spacial score (nSPS) is 27.2. The minimum Gasteiger partial charge on any atom is -0.490 e. The van der Waals surface area contributed by atoms with Crippen LogP contribution in [0.5, 0.6) is 5.75 Å². The van der Waals surface area contributed by atoms with Gasteiger partial charge in [-0.3, -0.25) is 0 Å². The zero-order chi connectivity index (χ0) is 20.6. The van der Waals surface area contributed by atoms with Crippen molar-refractivity contribution in [2.45, 2.75) is 84.5 Å². The topological polar surface area (TPSA) is 9.23 Å². The summed E-state index contributed by atoms with van der Waals surface area (Å²) in [5.74, 6) is 7.31. The van der Waals surface area contributed by atoms with Crippen molar-refractivity contribution >= 4 is 0 Å². The summed E-state index contributed by atoms with van der Waals surface area (Å²) in [6.45, 7) is 4.61. The van der Waals surface area contributed by atoms with E-state index in [2.05, 4.69) is 18.8 Å². The van der Waals surface area contributed by atoms with E-state index in [-0.39, 0.29) is 11.3 Å². The van der Waals surface area contributed by atoms with Crippen LogP contribution in [0.3, 0.4) is 0 Å². The maximum atomic E-state index is 14.3. The summed E-state index contributed by atoms with van der Waals surface area (Å²) in [5, 5.41) is 0. The van der Waals surface area contributed by atoms with Gasteiger partial charge in [-0.05, 0) is 74.8 Å². The smallest absolute Gasteiger partial charge is 0.201 e. The quantitative estimate of drug-likeness (QED) is 0.447. The van der Waals surface area contributed by atoms with Gasteiger partial charge < -0.3 is 4.74 Å². The van der Waals surface area contributed by atoms with Crippen molar-refractivity contribution in [3.8, 4) is 17.6 Å². The Kier molecular flexibility index (Phi) is 8.40. The van der Waals surface area contributed by atoms with Gasteiger partial charge in [0.1, 0.15) is 0 Å². The van der Waals surface area contributed by atoms with E-state index in [0.29, 0.717) is 12.5 Å². The molecule has 2 aliphatic carbocycles. The van der Waals surface area contributed by atoms with Crippen LogP contribution in [0.4, 0.5) is 8.78 Å². The van der Waals surface area contributed by atoms with E-state index >= 15 is 0 Å². The van der Waals surface area contributed by atoms with Crippen molar-refractivity contribution in [2.75, 3.05) is 6.61 Å². The molecule has 0 spiro atoms. The molecule has 1 nitrogen and oxygen atoms in total. The fraction of sp³-hybridized carbons (Fsp3) is 0.692. The number of halogens is 2. The largest absolute Gasteiger partial charge is 0.490 e. The Hall–Kier alpha value is -1.56. The standard InChI is InChI=1S/C26H36F2O/c1-3-5-19-6-11-21(12-7-19)22-13-8-20(9-14-22)10-15-23-16-17-24(29-18-4-2)26(28)25(23)27/h16-17,19-22H,3-9,11-14,18H2,1-2H3/t19-,20-,21-,22-. The molecule has 0 heterocycles. The number of benzene rings is 1. The molecule has 0 bridgehead atoms. The van der Waals surface area contributed by atoms with E-state index in [0.717, 1.165) is 37.0 Å². The molecule has 0 N–H and O–H groups in total. The van der Waals surface area contributed by atoms with Gasteiger partial charge in [0.05, 0.1) is 12.2 Å². The second-order valence-electron chi connectivity index (χ2n) is 9.04. The van der Waals surface area contributed by atoms with Crippen molar-refractivity contribution < 1.29 is 13.5 Å². The molecule has 160 valence electrons. The molecule has 2 saturated carbocycles. The van der Waals surface area contributed by atoms with Crippen LogP contribution in [0.15, 0.2) is 12.1 Å². The van der Waals surface area contributed by atoms with Gasteiger partial charge in [0, 0.05) is 5.92 Å². The van der Waals surface area contributed by atoms with E-state index in [9.17, 15) is 8.78 Å². The van der Waals surface area contributed by atoms with Gasteiger partial charge >= 0.3 is 0 Å². The average Bonchev–Trinajstić information content (AvgIpc) is 2.75. The number of hydrogen-bond donors (Lipinski definition) is 0. The number of rotatable bonds is 6. The van der Waals surface area contributed by atoms with E-state index in [1.54, 1.807) is 0 Å². The second kappa shape index (κ2) is 11.0. The number of ether oxygens (including phenoxy) is 1. The summed E-state index contributed by atoms with van der Waals surface area (Å²) in [7, 11) is 0. The number of hydrogen-bond acceptors (Lipinski definition) is 1. The van der Waals surface area contributed by atoms with Crippen LogP contribution >= 0.6 is 0 Å². The molecule has 2 aliphatic rings. The molecule has 0 unspecified atom stereocenters. The first-order chi connectivity index (χ1) is 14.1. The molecule has 0 saturated heterocycles. The Balaban J connectivity index is 1.50. The first kappa shape index (κ1) is 22.1. The molecule has 2 fully saturated rings. The Bertz CT molecular complexity index is 701. The van der Waals surface area contributed by atoms with Crippen LogP contribution in [0.2, 0.25) is 0 Å². The average molecular weight is 403 g/mol. The van der Waals surface area contributed by atoms with Crippen LogP contribution in [-0.2, 0) is 0 Å². The monoisotopic (exact) mass is 402 g/mol. The molecule has 1 aromatic rings. The molecule has 0 radical (unpaired) electrons. The lowest BCUT2D eigenvalue weighted by atomic mass is 9.69. The molecule has 3 heteroatoms. The maximum absolute atomic E-state index is 14.3. The molecular formula is C26H36F2O. The highest BCUT2D eigenvalue weighted by atomic mass is 19.2. The Morgan fingerprint density at radius 1 is 0.862 bits per heavy atom. The van der Waals surface area contributed by atoms with Gasteiger partial charge in [-0.25, -0.2) is 4.39 Å². The van der Waals surface area contributed by atoms with Crippen LogP contribution in [0, 0.1) is 47.1 Å². The predicted octanol–water partition coefficient (Wildman–Crippen LogP) is 7.52. The minimum atomic E-state index is -0.923. The fourth-order valence-corrected chi connectivity index (χ4v) is 5.22. The van der Waals surface area contributed by atoms with Gasteiger partial charge in [-0.15, -0.1) is 0 Å². The summed E-state index contributed by atoms with van der Waals surface area (Å²) >= 11 is 0. The van der Waals surface area contributed by atoms with Crippen molar-refractivity contribution in [2.24, 2.45) is 23.7 Å².